The number of benzene rings is 2. The Morgan fingerprint density at radius 3 is 2.67 bits per heavy atom. The molecule has 0 fully saturated rings. The normalized spacial score (nSPS) is 10.1. The van der Waals surface area contributed by atoms with E-state index in [1.54, 1.807) is 25.3 Å². The summed E-state index contributed by atoms with van der Waals surface area (Å²) in [7, 11) is 1.58. The summed E-state index contributed by atoms with van der Waals surface area (Å²) in [5, 5.41) is 8.87. The average Bonchev–Trinajstić information content (AvgIpc) is 2.50. The fraction of sp³-hybridized carbons (Fsp3) is 0.188. The van der Waals surface area contributed by atoms with Gasteiger partial charge in [-0.15, -0.1) is 0 Å². The van der Waals surface area contributed by atoms with E-state index in [0.717, 1.165) is 10.0 Å². The van der Waals surface area contributed by atoms with Crippen LogP contribution in [0.15, 0.2) is 46.9 Å². The maximum atomic E-state index is 8.87. The molecule has 0 radical (unpaired) electrons. The molecular formula is C16H14BrNO3. The first-order valence-electron chi connectivity index (χ1n) is 6.26. The van der Waals surface area contributed by atoms with Crippen molar-refractivity contribution < 1.29 is 14.2 Å². The largest absolute Gasteiger partial charge is 0.457 e. The Morgan fingerprint density at radius 1 is 1.14 bits per heavy atom. The Hall–Kier alpha value is -1.87. The van der Waals surface area contributed by atoms with Crippen molar-refractivity contribution in [3.63, 3.8) is 0 Å². The van der Waals surface area contributed by atoms with Crippen molar-refractivity contribution >= 4 is 15.9 Å². The summed E-state index contributed by atoms with van der Waals surface area (Å²) in [6, 6.07) is 14.8. The minimum atomic E-state index is 0.256. The molecule has 5 heteroatoms. The standard InChI is InChI=1S/C16H14BrNO3/c1-19-11-20-10-13-5-6-15(8-16(13)17)21-14-4-2-3-12(7-14)9-18/h2-8H,10-11H2,1H3. The van der Waals surface area contributed by atoms with Gasteiger partial charge in [-0.25, -0.2) is 0 Å². The van der Waals surface area contributed by atoms with Gasteiger partial charge in [0.2, 0.25) is 0 Å². The van der Waals surface area contributed by atoms with Gasteiger partial charge in [0.05, 0.1) is 18.2 Å². The zero-order valence-corrected chi connectivity index (χ0v) is 13.1. The zero-order valence-electron chi connectivity index (χ0n) is 11.5. The van der Waals surface area contributed by atoms with E-state index < -0.39 is 0 Å². The third-order valence-corrected chi connectivity index (χ3v) is 3.42. The molecule has 0 amide bonds. The number of ether oxygens (including phenoxy) is 3. The van der Waals surface area contributed by atoms with Gasteiger partial charge in [-0.1, -0.05) is 28.1 Å². The molecule has 0 aliphatic rings. The number of nitriles is 1. The van der Waals surface area contributed by atoms with Crippen molar-refractivity contribution in [2.75, 3.05) is 13.9 Å². The molecule has 2 aromatic carbocycles. The van der Waals surface area contributed by atoms with Gasteiger partial charge in [-0.3, -0.25) is 0 Å². The van der Waals surface area contributed by atoms with Crippen LogP contribution in [-0.2, 0) is 16.1 Å². The molecule has 2 aromatic rings. The third-order valence-electron chi connectivity index (χ3n) is 2.68. The molecule has 2 rings (SSSR count). The summed E-state index contributed by atoms with van der Waals surface area (Å²) in [5.41, 5.74) is 1.57. The lowest BCUT2D eigenvalue weighted by molar-refractivity contribution is -0.0392. The van der Waals surface area contributed by atoms with Crippen LogP contribution in [0, 0.1) is 11.3 Å². The van der Waals surface area contributed by atoms with Crippen molar-refractivity contribution in [1.82, 2.24) is 0 Å². The smallest absolute Gasteiger partial charge is 0.146 e. The quantitative estimate of drug-likeness (QED) is 0.579. The highest BCUT2D eigenvalue weighted by Crippen LogP contribution is 2.28. The van der Waals surface area contributed by atoms with Crippen molar-refractivity contribution in [3.05, 3.63) is 58.1 Å². The minimum Gasteiger partial charge on any atom is -0.457 e. The second kappa shape index (κ2) is 7.79. The average molecular weight is 348 g/mol. The lowest BCUT2D eigenvalue weighted by Gasteiger charge is -2.09. The molecule has 0 heterocycles. The number of hydrogen-bond donors (Lipinski definition) is 0. The Labute approximate surface area is 132 Å². The van der Waals surface area contributed by atoms with Gasteiger partial charge in [-0.2, -0.15) is 5.26 Å². The van der Waals surface area contributed by atoms with Gasteiger partial charge in [0, 0.05) is 11.6 Å². The van der Waals surface area contributed by atoms with Crippen LogP contribution in [0.25, 0.3) is 0 Å². The molecule has 0 saturated heterocycles. The summed E-state index contributed by atoms with van der Waals surface area (Å²) in [6.07, 6.45) is 0. The highest BCUT2D eigenvalue weighted by atomic mass is 79.9. The first-order chi connectivity index (χ1) is 10.2. The van der Waals surface area contributed by atoms with Gasteiger partial charge in [0.1, 0.15) is 18.3 Å². The third kappa shape index (κ3) is 4.57. The van der Waals surface area contributed by atoms with Gasteiger partial charge in [-0.05, 0) is 35.9 Å². The lowest BCUT2D eigenvalue weighted by Crippen LogP contribution is -1.97. The fourth-order valence-corrected chi connectivity index (χ4v) is 2.18. The van der Waals surface area contributed by atoms with E-state index in [-0.39, 0.29) is 6.79 Å². The molecule has 4 nitrogen and oxygen atoms in total. The van der Waals surface area contributed by atoms with E-state index in [1.165, 1.54) is 0 Å². The Bertz CT molecular complexity index is 652. The molecule has 0 atom stereocenters. The summed E-state index contributed by atoms with van der Waals surface area (Å²) in [6.45, 7) is 0.713. The van der Waals surface area contributed by atoms with Crippen LogP contribution >= 0.6 is 15.9 Å². The maximum Gasteiger partial charge on any atom is 0.146 e. The first kappa shape index (κ1) is 15.5. The molecule has 0 spiro atoms. The van der Waals surface area contributed by atoms with Crippen LogP contribution in [0.3, 0.4) is 0 Å². The second-order valence-corrected chi connectivity index (χ2v) is 5.10. The van der Waals surface area contributed by atoms with Crippen LogP contribution in [0.1, 0.15) is 11.1 Å². The Morgan fingerprint density at radius 2 is 1.95 bits per heavy atom. The van der Waals surface area contributed by atoms with Crippen LogP contribution in [0.5, 0.6) is 11.5 Å². The van der Waals surface area contributed by atoms with Crippen molar-refractivity contribution in [2.24, 2.45) is 0 Å². The first-order valence-corrected chi connectivity index (χ1v) is 7.05. The summed E-state index contributed by atoms with van der Waals surface area (Å²) >= 11 is 3.49. The predicted octanol–water partition coefficient (Wildman–Crippen LogP) is 4.23. The van der Waals surface area contributed by atoms with E-state index in [4.69, 9.17) is 19.5 Å². The van der Waals surface area contributed by atoms with Crippen molar-refractivity contribution in [2.45, 2.75) is 6.61 Å². The van der Waals surface area contributed by atoms with E-state index in [2.05, 4.69) is 22.0 Å². The Kier molecular flexibility index (Phi) is 5.76. The van der Waals surface area contributed by atoms with Gasteiger partial charge >= 0.3 is 0 Å². The highest BCUT2D eigenvalue weighted by molar-refractivity contribution is 9.10. The lowest BCUT2D eigenvalue weighted by atomic mass is 10.2. The Balaban J connectivity index is 2.07. The predicted molar refractivity (Wildman–Crippen MR) is 82.0 cm³/mol. The second-order valence-electron chi connectivity index (χ2n) is 4.25. The van der Waals surface area contributed by atoms with Crippen LogP contribution in [0.4, 0.5) is 0 Å². The van der Waals surface area contributed by atoms with Gasteiger partial charge in [0.15, 0.2) is 0 Å². The zero-order chi connectivity index (χ0) is 15.1. The monoisotopic (exact) mass is 347 g/mol. The van der Waals surface area contributed by atoms with E-state index in [0.29, 0.717) is 23.7 Å². The SMILES string of the molecule is COCOCc1ccc(Oc2cccc(C#N)c2)cc1Br. The number of halogens is 1. The summed E-state index contributed by atoms with van der Waals surface area (Å²) < 4.78 is 16.8. The topological polar surface area (TPSA) is 51.5 Å². The highest BCUT2D eigenvalue weighted by Gasteiger charge is 2.04. The van der Waals surface area contributed by atoms with Crippen molar-refractivity contribution in [1.29, 1.82) is 5.26 Å². The summed E-state index contributed by atoms with van der Waals surface area (Å²) in [5.74, 6) is 1.32. The van der Waals surface area contributed by atoms with Gasteiger partial charge in [0.25, 0.3) is 0 Å². The maximum absolute atomic E-state index is 8.87. The molecule has 21 heavy (non-hydrogen) atoms. The van der Waals surface area contributed by atoms with E-state index in [9.17, 15) is 0 Å². The molecule has 0 aliphatic heterocycles. The van der Waals surface area contributed by atoms with Crippen LogP contribution < -0.4 is 4.74 Å². The molecule has 0 N–H and O–H groups in total. The summed E-state index contributed by atoms with van der Waals surface area (Å²) in [4.78, 5) is 0. The molecule has 0 bridgehead atoms. The molecule has 108 valence electrons. The molecular weight excluding hydrogens is 334 g/mol. The number of hydrogen-bond acceptors (Lipinski definition) is 4. The van der Waals surface area contributed by atoms with Gasteiger partial charge < -0.3 is 14.2 Å². The molecule has 0 saturated carbocycles. The van der Waals surface area contributed by atoms with E-state index >= 15 is 0 Å². The molecule has 0 unspecified atom stereocenters. The van der Waals surface area contributed by atoms with E-state index in [1.807, 2.05) is 24.3 Å². The fourth-order valence-electron chi connectivity index (χ4n) is 1.71. The van der Waals surface area contributed by atoms with Crippen LogP contribution in [-0.4, -0.2) is 13.9 Å². The van der Waals surface area contributed by atoms with Crippen molar-refractivity contribution in [3.8, 4) is 17.6 Å². The number of nitrogens with zero attached hydrogens (tertiary/aromatic N) is 1. The minimum absolute atomic E-state index is 0.256. The molecule has 0 aromatic heterocycles. The molecule has 0 aliphatic carbocycles. The van der Waals surface area contributed by atoms with Crippen LogP contribution in [0.2, 0.25) is 0 Å². The number of rotatable bonds is 6. The number of methoxy groups -OCH3 is 1.